The van der Waals surface area contributed by atoms with Crippen LogP contribution in [0, 0.1) is 0 Å². The third-order valence-electron chi connectivity index (χ3n) is 3.77. The van der Waals surface area contributed by atoms with Crippen LogP contribution in [0.25, 0.3) is 0 Å². The molecule has 0 aliphatic rings. The van der Waals surface area contributed by atoms with E-state index >= 15 is 0 Å². The van der Waals surface area contributed by atoms with Crippen molar-refractivity contribution in [2.75, 3.05) is 33.9 Å². The second kappa shape index (κ2) is 10.7. The summed E-state index contributed by atoms with van der Waals surface area (Å²) >= 11 is 0. The van der Waals surface area contributed by atoms with Gasteiger partial charge in [-0.2, -0.15) is 0 Å². The maximum atomic E-state index is 11.8. The van der Waals surface area contributed by atoms with E-state index in [-0.39, 0.29) is 25.0 Å². The Hall–Kier alpha value is -3.22. The zero-order chi connectivity index (χ0) is 19.5. The lowest BCUT2D eigenvalue weighted by atomic mass is 10.1. The van der Waals surface area contributed by atoms with Crippen LogP contribution in [0.1, 0.15) is 5.56 Å². The normalized spacial score (nSPS) is 10.0. The SMILES string of the molecule is COc1ccc(CCNC(=O)CNC(=O)COc2ccc(OC)cc2)cc1. The number of benzene rings is 2. The monoisotopic (exact) mass is 372 g/mol. The number of ether oxygens (including phenoxy) is 3. The highest BCUT2D eigenvalue weighted by Crippen LogP contribution is 2.16. The Morgan fingerprint density at radius 1 is 0.778 bits per heavy atom. The number of carbonyl (C=O) groups excluding carboxylic acids is 2. The van der Waals surface area contributed by atoms with Gasteiger partial charge in [-0.1, -0.05) is 12.1 Å². The van der Waals surface area contributed by atoms with Crippen molar-refractivity contribution in [2.24, 2.45) is 0 Å². The van der Waals surface area contributed by atoms with Crippen molar-refractivity contribution >= 4 is 11.8 Å². The van der Waals surface area contributed by atoms with Crippen LogP contribution in [-0.4, -0.2) is 45.7 Å². The number of methoxy groups -OCH3 is 2. The molecule has 0 heterocycles. The van der Waals surface area contributed by atoms with Crippen LogP contribution in [0.2, 0.25) is 0 Å². The molecule has 7 nitrogen and oxygen atoms in total. The molecule has 0 aromatic heterocycles. The number of amides is 2. The third-order valence-corrected chi connectivity index (χ3v) is 3.77. The molecule has 0 aliphatic carbocycles. The molecular weight excluding hydrogens is 348 g/mol. The van der Waals surface area contributed by atoms with E-state index in [4.69, 9.17) is 14.2 Å². The van der Waals surface area contributed by atoms with Gasteiger partial charge in [-0.3, -0.25) is 9.59 Å². The number of hydrogen-bond donors (Lipinski definition) is 2. The summed E-state index contributed by atoms with van der Waals surface area (Å²) in [6, 6.07) is 14.5. The van der Waals surface area contributed by atoms with Crippen molar-refractivity contribution in [3.63, 3.8) is 0 Å². The number of nitrogens with one attached hydrogen (secondary N) is 2. The van der Waals surface area contributed by atoms with Crippen LogP contribution in [0.5, 0.6) is 17.2 Å². The highest BCUT2D eigenvalue weighted by atomic mass is 16.5. The van der Waals surface area contributed by atoms with Crippen molar-refractivity contribution in [3.05, 3.63) is 54.1 Å². The molecule has 0 fully saturated rings. The van der Waals surface area contributed by atoms with Gasteiger partial charge in [-0.05, 0) is 48.4 Å². The number of hydrogen-bond acceptors (Lipinski definition) is 5. The van der Waals surface area contributed by atoms with Crippen LogP contribution >= 0.6 is 0 Å². The second-order valence-electron chi connectivity index (χ2n) is 5.69. The first-order valence-electron chi connectivity index (χ1n) is 8.54. The average molecular weight is 372 g/mol. The highest BCUT2D eigenvalue weighted by molar-refractivity contribution is 5.85. The highest BCUT2D eigenvalue weighted by Gasteiger charge is 2.06. The summed E-state index contributed by atoms with van der Waals surface area (Å²) in [5, 5.41) is 5.28. The summed E-state index contributed by atoms with van der Waals surface area (Å²) in [6.07, 6.45) is 0.699. The summed E-state index contributed by atoms with van der Waals surface area (Å²) in [5.41, 5.74) is 1.09. The molecular formula is C20H24N2O5. The van der Waals surface area contributed by atoms with Gasteiger partial charge in [0.25, 0.3) is 5.91 Å². The van der Waals surface area contributed by atoms with Gasteiger partial charge in [0.2, 0.25) is 5.91 Å². The quantitative estimate of drug-likeness (QED) is 0.661. The largest absolute Gasteiger partial charge is 0.497 e. The predicted octanol–water partition coefficient (Wildman–Crippen LogP) is 1.56. The molecule has 2 N–H and O–H groups in total. The summed E-state index contributed by atoms with van der Waals surface area (Å²) < 4.78 is 15.5. The molecule has 144 valence electrons. The molecule has 2 rings (SSSR count). The molecule has 7 heteroatoms. The molecule has 0 saturated carbocycles. The maximum absolute atomic E-state index is 11.8. The van der Waals surface area contributed by atoms with Gasteiger partial charge in [0, 0.05) is 6.54 Å². The molecule has 2 aromatic carbocycles. The molecule has 27 heavy (non-hydrogen) atoms. The Morgan fingerprint density at radius 2 is 1.33 bits per heavy atom. The predicted molar refractivity (Wildman–Crippen MR) is 101 cm³/mol. The topological polar surface area (TPSA) is 85.9 Å². The molecule has 0 spiro atoms. The first-order valence-corrected chi connectivity index (χ1v) is 8.54. The Labute approximate surface area is 158 Å². The van der Waals surface area contributed by atoms with Crippen molar-refractivity contribution in [1.82, 2.24) is 10.6 Å². The Kier molecular flexibility index (Phi) is 7.96. The van der Waals surface area contributed by atoms with Gasteiger partial charge in [-0.25, -0.2) is 0 Å². The van der Waals surface area contributed by atoms with Crippen LogP contribution < -0.4 is 24.8 Å². The van der Waals surface area contributed by atoms with Gasteiger partial charge in [-0.15, -0.1) is 0 Å². The van der Waals surface area contributed by atoms with Crippen LogP contribution in [0.15, 0.2) is 48.5 Å². The molecule has 0 radical (unpaired) electrons. The van der Waals surface area contributed by atoms with Crippen molar-refractivity contribution in [3.8, 4) is 17.2 Å². The molecule has 2 aromatic rings. The minimum absolute atomic E-state index is 0.0899. The minimum Gasteiger partial charge on any atom is -0.497 e. The molecule has 2 amide bonds. The second-order valence-corrected chi connectivity index (χ2v) is 5.69. The standard InChI is InChI=1S/C20H24N2O5/c1-25-16-5-3-15(4-6-16)11-12-21-19(23)13-22-20(24)14-27-18-9-7-17(26-2)8-10-18/h3-10H,11-14H2,1-2H3,(H,21,23)(H,22,24). The zero-order valence-electron chi connectivity index (χ0n) is 15.5. The van der Waals surface area contributed by atoms with E-state index in [1.165, 1.54) is 0 Å². The van der Waals surface area contributed by atoms with Crippen LogP contribution in [0.4, 0.5) is 0 Å². The van der Waals surface area contributed by atoms with Crippen molar-refractivity contribution < 1.29 is 23.8 Å². The molecule has 0 unspecified atom stereocenters. The fourth-order valence-corrected chi connectivity index (χ4v) is 2.25. The van der Waals surface area contributed by atoms with E-state index < -0.39 is 0 Å². The first-order chi connectivity index (χ1) is 13.1. The summed E-state index contributed by atoms with van der Waals surface area (Å²) in [4.78, 5) is 23.5. The molecule has 0 aliphatic heterocycles. The van der Waals surface area contributed by atoms with E-state index in [1.807, 2.05) is 24.3 Å². The van der Waals surface area contributed by atoms with Crippen LogP contribution in [0.3, 0.4) is 0 Å². The van der Waals surface area contributed by atoms with E-state index in [0.717, 1.165) is 11.3 Å². The fraction of sp³-hybridized carbons (Fsp3) is 0.300. The van der Waals surface area contributed by atoms with Gasteiger partial charge < -0.3 is 24.8 Å². The van der Waals surface area contributed by atoms with E-state index in [9.17, 15) is 9.59 Å². The fourth-order valence-electron chi connectivity index (χ4n) is 2.25. The number of rotatable bonds is 10. The summed E-state index contributed by atoms with van der Waals surface area (Å²) in [6.45, 7) is 0.238. The van der Waals surface area contributed by atoms with Crippen LogP contribution in [-0.2, 0) is 16.0 Å². The lowest BCUT2D eigenvalue weighted by molar-refractivity contribution is -0.127. The first kappa shape index (κ1) is 20.1. The van der Waals surface area contributed by atoms with Gasteiger partial charge in [0.15, 0.2) is 6.61 Å². The Bertz CT molecular complexity index is 729. The van der Waals surface area contributed by atoms with Gasteiger partial charge in [0.1, 0.15) is 17.2 Å². The van der Waals surface area contributed by atoms with Gasteiger partial charge >= 0.3 is 0 Å². The van der Waals surface area contributed by atoms with E-state index in [1.54, 1.807) is 38.5 Å². The zero-order valence-corrected chi connectivity index (χ0v) is 15.5. The minimum atomic E-state index is -0.365. The Balaban J connectivity index is 1.60. The average Bonchev–Trinajstić information content (AvgIpc) is 2.71. The molecule has 0 saturated heterocycles. The summed E-state index contributed by atoms with van der Waals surface area (Å²) in [5.74, 6) is 1.44. The molecule has 0 bridgehead atoms. The number of carbonyl (C=O) groups is 2. The van der Waals surface area contributed by atoms with E-state index in [2.05, 4.69) is 10.6 Å². The maximum Gasteiger partial charge on any atom is 0.258 e. The smallest absolute Gasteiger partial charge is 0.258 e. The van der Waals surface area contributed by atoms with Crippen molar-refractivity contribution in [1.29, 1.82) is 0 Å². The lowest BCUT2D eigenvalue weighted by Crippen LogP contribution is -2.39. The van der Waals surface area contributed by atoms with Gasteiger partial charge in [0.05, 0.1) is 20.8 Å². The summed E-state index contributed by atoms with van der Waals surface area (Å²) in [7, 11) is 3.19. The lowest BCUT2D eigenvalue weighted by Gasteiger charge is -2.09. The van der Waals surface area contributed by atoms with E-state index in [0.29, 0.717) is 24.5 Å². The third kappa shape index (κ3) is 7.27. The molecule has 0 atom stereocenters. The Morgan fingerprint density at radius 3 is 1.93 bits per heavy atom. The van der Waals surface area contributed by atoms with Crippen molar-refractivity contribution in [2.45, 2.75) is 6.42 Å².